The summed E-state index contributed by atoms with van der Waals surface area (Å²) in [4.78, 5) is 34.8. The highest BCUT2D eigenvalue weighted by molar-refractivity contribution is 6.00. The van der Waals surface area contributed by atoms with Crippen LogP contribution in [0.3, 0.4) is 0 Å². The fraction of sp³-hybridized carbons (Fsp3) is 0.409. The molecule has 0 radical (unpaired) electrons. The largest absolute Gasteiger partial charge is 0.381 e. The van der Waals surface area contributed by atoms with Crippen molar-refractivity contribution in [3.63, 3.8) is 0 Å². The van der Waals surface area contributed by atoms with Gasteiger partial charge in [0, 0.05) is 93.5 Å². The maximum absolute atomic E-state index is 13.7. The molecule has 11 heteroatoms. The highest BCUT2D eigenvalue weighted by atomic mass is 16.5. The Labute approximate surface area is 324 Å². The number of aryl methyl sites for hydroxylation is 3. The van der Waals surface area contributed by atoms with Crippen molar-refractivity contribution in [2.24, 2.45) is 0 Å². The van der Waals surface area contributed by atoms with Crippen LogP contribution in [0.1, 0.15) is 82.3 Å². The predicted octanol–water partition coefficient (Wildman–Crippen LogP) is 6.23. The monoisotopic (exact) mass is 742 g/mol. The van der Waals surface area contributed by atoms with Crippen LogP contribution in [-0.2, 0) is 37.3 Å². The molecule has 4 heterocycles. The van der Waals surface area contributed by atoms with E-state index in [4.69, 9.17) is 9.72 Å². The lowest BCUT2D eigenvalue weighted by molar-refractivity contribution is 0.0904. The first kappa shape index (κ1) is 38.2. The molecule has 2 fully saturated rings. The fourth-order valence-corrected chi connectivity index (χ4v) is 7.76. The van der Waals surface area contributed by atoms with Crippen LogP contribution in [0.4, 0.5) is 5.69 Å². The van der Waals surface area contributed by atoms with Gasteiger partial charge in [-0.3, -0.25) is 14.5 Å². The number of hydrogen-bond donors (Lipinski definition) is 4. The van der Waals surface area contributed by atoms with E-state index in [1.807, 2.05) is 42.1 Å². The van der Waals surface area contributed by atoms with E-state index < -0.39 is 0 Å². The lowest BCUT2D eigenvalue weighted by Gasteiger charge is -2.34. The quantitative estimate of drug-likeness (QED) is 0.112. The molecule has 2 saturated heterocycles. The Bertz CT molecular complexity index is 2140. The number of amides is 2. The molecule has 7 rings (SSSR count). The second kappa shape index (κ2) is 17.6. The van der Waals surface area contributed by atoms with E-state index in [9.17, 15) is 9.59 Å². The third kappa shape index (κ3) is 9.07. The molecule has 4 N–H and O–H groups in total. The van der Waals surface area contributed by atoms with Crippen LogP contribution in [0, 0.1) is 6.92 Å². The number of fused-ring (bicyclic) bond motifs is 1. The van der Waals surface area contributed by atoms with Gasteiger partial charge >= 0.3 is 0 Å². The molecule has 0 unspecified atom stereocenters. The standard InChI is InChI=1S/C44H54N8O3/c1-5-40-38(41(49-37-13-17-55-18-14-37)39-27-48-52(6-2)42(39)50-40)26-47-44(54)36-20-29(3)19-35(23-36)43(53)46-25-31-9-7-11-33(21-31)34-12-8-10-32(22-34)28-51-16-15-45-24-30(51)4/h7-12,19-23,27,30,37,45H,5-6,13-18,24-26,28H2,1-4H3,(H,46,53)(H,47,54)(H,49,50)/t30-/m0/s1. The number of aromatic nitrogens is 3. The predicted molar refractivity (Wildman–Crippen MR) is 218 cm³/mol. The summed E-state index contributed by atoms with van der Waals surface area (Å²) in [5.74, 6) is -0.475. The second-order valence-electron chi connectivity index (χ2n) is 14.9. The topological polar surface area (TPSA) is 125 Å². The Hall–Kier alpha value is -5.10. The van der Waals surface area contributed by atoms with Crippen LogP contribution in [0.2, 0.25) is 0 Å². The number of hydrogen-bond acceptors (Lipinski definition) is 8. The van der Waals surface area contributed by atoms with Crippen LogP contribution in [-0.4, -0.2) is 76.4 Å². The number of benzene rings is 3. The Morgan fingerprint density at radius 2 is 1.60 bits per heavy atom. The summed E-state index contributed by atoms with van der Waals surface area (Å²) in [5, 5.41) is 19.0. The molecule has 0 bridgehead atoms. The third-order valence-electron chi connectivity index (χ3n) is 10.9. The summed E-state index contributed by atoms with van der Waals surface area (Å²) in [5.41, 5.74) is 9.98. The summed E-state index contributed by atoms with van der Waals surface area (Å²) in [6, 6.07) is 23.1. The Morgan fingerprint density at radius 1 is 0.909 bits per heavy atom. The van der Waals surface area contributed by atoms with E-state index >= 15 is 0 Å². The third-order valence-corrected chi connectivity index (χ3v) is 10.9. The molecule has 5 aromatic rings. The van der Waals surface area contributed by atoms with Crippen molar-refractivity contribution in [3.8, 4) is 11.1 Å². The van der Waals surface area contributed by atoms with Gasteiger partial charge in [-0.05, 0) is 98.2 Å². The van der Waals surface area contributed by atoms with Gasteiger partial charge in [-0.15, -0.1) is 0 Å². The molecular formula is C44H54N8O3. The number of carbonyl (C=O) groups is 2. The van der Waals surface area contributed by atoms with Crippen molar-refractivity contribution >= 4 is 28.5 Å². The fourth-order valence-electron chi connectivity index (χ4n) is 7.76. The molecule has 2 aliphatic heterocycles. The molecule has 288 valence electrons. The molecular weight excluding hydrogens is 689 g/mol. The van der Waals surface area contributed by atoms with E-state index in [0.29, 0.717) is 49.9 Å². The molecule has 3 aromatic carbocycles. The number of rotatable bonds is 13. The van der Waals surface area contributed by atoms with E-state index in [1.54, 1.807) is 6.07 Å². The minimum absolute atomic E-state index is 0.228. The van der Waals surface area contributed by atoms with Gasteiger partial charge in [-0.1, -0.05) is 43.3 Å². The van der Waals surface area contributed by atoms with Crippen LogP contribution < -0.4 is 21.3 Å². The number of nitrogens with one attached hydrogen (secondary N) is 4. The number of anilines is 1. The van der Waals surface area contributed by atoms with Gasteiger partial charge in [-0.25, -0.2) is 9.67 Å². The van der Waals surface area contributed by atoms with Crippen molar-refractivity contribution in [1.29, 1.82) is 0 Å². The van der Waals surface area contributed by atoms with Crippen molar-refractivity contribution in [3.05, 3.63) is 112 Å². The number of piperazine rings is 1. The van der Waals surface area contributed by atoms with Gasteiger partial charge in [0.25, 0.3) is 11.8 Å². The number of pyridine rings is 1. The van der Waals surface area contributed by atoms with E-state index in [2.05, 4.69) is 88.4 Å². The average Bonchev–Trinajstić information content (AvgIpc) is 3.63. The van der Waals surface area contributed by atoms with E-state index in [-0.39, 0.29) is 24.4 Å². The lowest BCUT2D eigenvalue weighted by Crippen LogP contribution is -2.49. The van der Waals surface area contributed by atoms with Gasteiger partial charge in [0.05, 0.1) is 17.3 Å². The van der Waals surface area contributed by atoms with Crippen molar-refractivity contribution in [1.82, 2.24) is 35.6 Å². The van der Waals surface area contributed by atoms with Crippen molar-refractivity contribution in [2.45, 2.75) is 85.2 Å². The van der Waals surface area contributed by atoms with Crippen molar-refractivity contribution < 1.29 is 14.3 Å². The number of carbonyl (C=O) groups excluding carboxylic acids is 2. The maximum atomic E-state index is 13.7. The van der Waals surface area contributed by atoms with Crippen LogP contribution in [0.5, 0.6) is 0 Å². The van der Waals surface area contributed by atoms with Gasteiger partial charge in [0.15, 0.2) is 5.65 Å². The number of ether oxygens (including phenoxy) is 1. The van der Waals surface area contributed by atoms with Gasteiger partial charge in [0.2, 0.25) is 0 Å². The minimum atomic E-state index is -0.248. The van der Waals surface area contributed by atoms with Gasteiger partial charge in [0.1, 0.15) is 0 Å². The zero-order valence-corrected chi connectivity index (χ0v) is 32.6. The average molecular weight is 743 g/mol. The second-order valence-corrected chi connectivity index (χ2v) is 14.9. The zero-order valence-electron chi connectivity index (χ0n) is 32.6. The molecule has 2 aliphatic rings. The summed E-state index contributed by atoms with van der Waals surface area (Å²) in [6.07, 6.45) is 4.39. The molecule has 11 nitrogen and oxygen atoms in total. The Balaban J connectivity index is 1.03. The molecule has 0 spiro atoms. The molecule has 0 saturated carbocycles. The molecule has 2 amide bonds. The minimum Gasteiger partial charge on any atom is -0.381 e. The summed E-state index contributed by atoms with van der Waals surface area (Å²) < 4.78 is 7.53. The van der Waals surface area contributed by atoms with E-state index in [0.717, 1.165) is 89.3 Å². The Morgan fingerprint density at radius 3 is 2.29 bits per heavy atom. The molecule has 0 aliphatic carbocycles. The van der Waals surface area contributed by atoms with Crippen LogP contribution in [0.25, 0.3) is 22.2 Å². The molecule has 1 atom stereocenters. The van der Waals surface area contributed by atoms with Gasteiger partial charge in [-0.2, -0.15) is 5.10 Å². The summed E-state index contributed by atoms with van der Waals surface area (Å²) in [7, 11) is 0. The van der Waals surface area contributed by atoms with Crippen LogP contribution in [0.15, 0.2) is 72.9 Å². The smallest absolute Gasteiger partial charge is 0.251 e. The summed E-state index contributed by atoms with van der Waals surface area (Å²) in [6.45, 7) is 15.1. The summed E-state index contributed by atoms with van der Waals surface area (Å²) >= 11 is 0. The SMILES string of the molecule is CCc1nc2c(cnn2CC)c(NC2CCOCC2)c1CNC(=O)c1cc(C)cc(C(=O)NCc2cccc(-c3cccc(CN4CCNC[C@@H]4C)c3)c2)c1. The molecule has 2 aromatic heterocycles. The van der Waals surface area contributed by atoms with Crippen molar-refractivity contribution in [2.75, 3.05) is 38.2 Å². The highest BCUT2D eigenvalue weighted by Crippen LogP contribution is 2.31. The maximum Gasteiger partial charge on any atom is 0.251 e. The molecule has 55 heavy (non-hydrogen) atoms. The van der Waals surface area contributed by atoms with Crippen LogP contribution >= 0.6 is 0 Å². The number of nitrogens with zero attached hydrogens (tertiary/aromatic N) is 4. The zero-order chi connectivity index (χ0) is 38.3. The van der Waals surface area contributed by atoms with Gasteiger partial charge < -0.3 is 26.0 Å². The van der Waals surface area contributed by atoms with E-state index in [1.165, 1.54) is 5.56 Å². The first-order chi connectivity index (χ1) is 26.8. The first-order valence-corrected chi connectivity index (χ1v) is 19.8. The highest BCUT2D eigenvalue weighted by Gasteiger charge is 2.23. The Kier molecular flexibility index (Phi) is 12.2. The normalized spacial score (nSPS) is 16.6. The first-order valence-electron chi connectivity index (χ1n) is 19.8. The lowest BCUT2D eigenvalue weighted by atomic mass is 10.0.